The van der Waals surface area contributed by atoms with Gasteiger partial charge in [-0.3, -0.25) is 9.69 Å². The normalized spacial score (nSPS) is 13.3. The number of hydrogen-bond donors (Lipinski definition) is 3. The largest absolute Gasteiger partial charge is 0.480 e. The smallest absolute Gasteiger partial charge is 0.326 e. The molecule has 1 atom stereocenters. The van der Waals surface area contributed by atoms with Gasteiger partial charge in [-0.2, -0.15) is 0 Å². The Hall–Kier alpha value is -4.05. The molecule has 0 radical (unpaired) electrons. The highest BCUT2D eigenvalue weighted by atomic mass is 16.4. The number of hydrogen-bond acceptors (Lipinski definition) is 8. The van der Waals surface area contributed by atoms with Gasteiger partial charge in [0, 0.05) is 44.6 Å². The summed E-state index contributed by atoms with van der Waals surface area (Å²) in [5.74, 6) is 1.01. The number of likely N-dealkylation sites (N-methyl/N-ethyl adjacent to an activating group) is 1. The average molecular weight is 546 g/mol. The molecule has 1 aromatic carbocycles. The number of nitrogens with zero attached hydrogens (tertiary/aromatic N) is 5. The van der Waals surface area contributed by atoms with E-state index in [2.05, 4.69) is 32.7 Å². The van der Waals surface area contributed by atoms with E-state index < -0.39 is 12.0 Å². The summed E-state index contributed by atoms with van der Waals surface area (Å²) in [5, 5.41) is 16.3. The third-order valence-electron chi connectivity index (χ3n) is 7.01. The molecular formula is C30H39N7O3. The monoisotopic (exact) mass is 545 g/mol. The van der Waals surface area contributed by atoms with Crippen molar-refractivity contribution in [1.82, 2.24) is 24.8 Å². The van der Waals surface area contributed by atoms with E-state index in [9.17, 15) is 14.7 Å². The number of carboxylic acids is 1. The molecule has 0 saturated carbocycles. The highest BCUT2D eigenvalue weighted by Gasteiger charge is 2.21. The minimum atomic E-state index is -0.967. The third-order valence-corrected chi connectivity index (χ3v) is 7.01. The number of anilines is 2. The molecule has 3 heterocycles. The fraction of sp³-hybridized carbons (Fsp3) is 0.433. The third kappa shape index (κ3) is 8.47. The second-order valence-electron chi connectivity index (χ2n) is 10.3. The number of aryl methyl sites for hydroxylation is 2. The molecule has 3 N–H and O–H groups in total. The van der Waals surface area contributed by atoms with Crippen molar-refractivity contribution in [2.24, 2.45) is 0 Å². The zero-order chi connectivity index (χ0) is 28.3. The number of carboxylic acid groups (broad SMARTS) is 1. The van der Waals surface area contributed by atoms with Crippen molar-refractivity contribution >= 4 is 23.5 Å². The predicted molar refractivity (Wildman–Crippen MR) is 156 cm³/mol. The Bertz CT molecular complexity index is 1270. The van der Waals surface area contributed by atoms with E-state index in [0.717, 1.165) is 55.7 Å². The van der Waals surface area contributed by atoms with Gasteiger partial charge in [-0.1, -0.05) is 36.4 Å². The van der Waals surface area contributed by atoms with Crippen LogP contribution < -0.4 is 10.6 Å². The Balaban J connectivity index is 1.33. The van der Waals surface area contributed by atoms with Crippen LogP contribution in [0, 0.1) is 0 Å². The molecule has 0 bridgehead atoms. The molecule has 2 aromatic heterocycles. The first kappa shape index (κ1) is 28.9. The van der Waals surface area contributed by atoms with Crippen LogP contribution in [-0.4, -0.2) is 88.1 Å². The van der Waals surface area contributed by atoms with Crippen molar-refractivity contribution in [3.05, 3.63) is 66.0 Å². The Morgan fingerprint density at radius 3 is 2.65 bits per heavy atom. The molecule has 0 saturated heterocycles. The van der Waals surface area contributed by atoms with E-state index in [1.807, 2.05) is 35.2 Å². The summed E-state index contributed by atoms with van der Waals surface area (Å²) in [6.07, 6.45) is 6.82. The van der Waals surface area contributed by atoms with Crippen LogP contribution in [-0.2, 0) is 22.4 Å². The molecule has 4 rings (SSSR count). The summed E-state index contributed by atoms with van der Waals surface area (Å²) < 4.78 is 0. The minimum absolute atomic E-state index is 0.00874. The van der Waals surface area contributed by atoms with Crippen LogP contribution in [0.2, 0.25) is 0 Å². The first-order valence-electron chi connectivity index (χ1n) is 13.9. The summed E-state index contributed by atoms with van der Waals surface area (Å²) in [7, 11) is 3.47. The first-order valence-corrected chi connectivity index (χ1v) is 13.9. The van der Waals surface area contributed by atoms with Crippen molar-refractivity contribution in [3.63, 3.8) is 0 Å². The molecule has 10 heteroatoms. The van der Waals surface area contributed by atoms with Crippen LogP contribution in [0.15, 0.2) is 54.7 Å². The van der Waals surface area contributed by atoms with E-state index in [1.165, 1.54) is 5.56 Å². The molecule has 1 amide bonds. The van der Waals surface area contributed by atoms with Crippen LogP contribution in [0.25, 0.3) is 11.4 Å². The summed E-state index contributed by atoms with van der Waals surface area (Å²) in [6, 6.07) is 14.6. The number of nitrogens with one attached hydrogen (secondary N) is 2. The highest BCUT2D eigenvalue weighted by molar-refractivity contribution is 5.78. The van der Waals surface area contributed by atoms with E-state index in [-0.39, 0.29) is 12.5 Å². The SMILES string of the molecule is CN(C)C(=O)CN(CCCCc1ccc2c(n1)NCCC2)CC[C@H](Nc1ccnc(-c2ccccc2)n1)C(=O)O. The molecule has 0 fully saturated rings. The van der Waals surface area contributed by atoms with Gasteiger partial charge in [-0.25, -0.2) is 19.7 Å². The predicted octanol–water partition coefficient (Wildman–Crippen LogP) is 3.57. The van der Waals surface area contributed by atoms with Crippen LogP contribution in [0.1, 0.15) is 36.9 Å². The summed E-state index contributed by atoms with van der Waals surface area (Å²) in [6.45, 7) is 2.36. The summed E-state index contributed by atoms with van der Waals surface area (Å²) in [4.78, 5) is 41.8. The quantitative estimate of drug-likeness (QED) is 0.261. The van der Waals surface area contributed by atoms with Crippen molar-refractivity contribution in [1.29, 1.82) is 0 Å². The molecule has 0 aliphatic carbocycles. The number of benzene rings is 1. The maximum Gasteiger partial charge on any atom is 0.326 e. The topological polar surface area (TPSA) is 124 Å². The van der Waals surface area contributed by atoms with Gasteiger partial charge in [0.25, 0.3) is 0 Å². The number of carbonyl (C=O) groups excluding carboxylic acids is 1. The van der Waals surface area contributed by atoms with Gasteiger partial charge in [-0.05, 0) is 62.8 Å². The number of amides is 1. The van der Waals surface area contributed by atoms with Gasteiger partial charge in [0.1, 0.15) is 17.7 Å². The zero-order valence-electron chi connectivity index (χ0n) is 23.3. The minimum Gasteiger partial charge on any atom is -0.480 e. The fourth-order valence-corrected chi connectivity index (χ4v) is 4.67. The molecular weight excluding hydrogens is 506 g/mol. The average Bonchev–Trinajstić information content (AvgIpc) is 2.97. The zero-order valence-corrected chi connectivity index (χ0v) is 23.3. The first-order chi connectivity index (χ1) is 19.4. The van der Waals surface area contributed by atoms with Gasteiger partial charge in [0.05, 0.1) is 6.54 Å². The number of aliphatic carboxylic acids is 1. The maximum absolute atomic E-state index is 12.5. The Morgan fingerprint density at radius 1 is 1.05 bits per heavy atom. The lowest BCUT2D eigenvalue weighted by Crippen LogP contribution is -2.40. The van der Waals surface area contributed by atoms with Gasteiger partial charge >= 0.3 is 5.97 Å². The summed E-state index contributed by atoms with van der Waals surface area (Å²) >= 11 is 0. The van der Waals surface area contributed by atoms with Gasteiger partial charge in [-0.15, -0.1) is 0 Å². The Morgan fingerprint density at radius 2 is 1.88 bits per heavy atom. The molecule has 3 aromatic rings. The van der Waals surface area contributed by atoms with Crippen LogP contribution in [0.5, 0.6) is 0 Å². The standard InChI is InChI=1S/C30H39N7O3/c1-36(2)27(38)21-37(19-7-6-12-24-14-13-23-11-8-17-31-28(23)33-24)20-16-25(30(39)40)34-26-15-18-32-29(35-26)22-9-4-3-5-10-22/h3-5,9-10,13-15,18,25H,6-8,11-12,16-17,19-21H2,1-2H3,(H,31,33)(H,39,40)(H,32,34,35)/t25-/m0/s1. The van der Waals surface area contributed by atoms with Crippen molar-refractivity contribution in [2.75, 3.05) is 50.9 Å². The van der Waals surface area contributed by atoms with Crippen molar-refractivity contribution in [2.45, 2.75) is 44.6 Å². The van der Waals surface area contributed by atoms with Crippen LogP contribution >= 0.6 is 0 Å². The Kier molecular flexibility index (Phi) is 10.4. The lowest BCUT2D eigenvalue weighted by Gasteiger charge is -2.25. The van der Waals surface area contributed by atoms with Gasteiger partial charge < -0.3 is 20.6 Å². The van der Waals surface area contributed by atoms with E-state index in [0.29, 0.717) is 31.2 Å². The van der Waals surface area contributed by atoms with E-state index in [4.69, 9.17) is 4.98 Å². The van der Waals surface area contributed by atoms with E-state index >= 15 is 0 Å². The number of rotatable bonds is 14. The lowest BCUT2D eigenvalue weighted by atomic mass is 10.1. The van der Waals surface area contributed by atoms with Crippen LogP contribution in [0.4, 0.5) is 11.6 Å². The van der Waals surface area contributed by atoms with Crippen LogP contribution in [0.3, 0.4) is 0 Å². The Labute approximate surface area is 235 Å². The highest BCUT2D eigenvalue weighted by Crippen LogP contribution is 2.20. The molecule has 1 aliphatic rings. The molecule has 212 valence electrons. The molecule has 10 nitrogen and oxygen atoms in total. The number of aromatic nitrogens is 3. The number of unbranched alkanes of at least 4 members (excludes halogenated alkanes) is 1. The lowest BCUT2D eigenvalue weighted by molar-refractivity contribution is -0.138. The number of carbonyl (C=O) groups is 2. The van der Waals surface area contributed by atoms with E-state index in [1.54, 1.807) is 31.3 Å². The van der Waals surface area contributed by atoms with Gasteiger partial charge in [0.2, 0.25) is 5.91 Å². The summed E-state index contributed by atoms with van der Waals surface area (Å²) in [5.41, 5.74) is 3.20. The van der Waals surface area contributed by atoms with Crippen molar-refractivity contribution < 1.29 is 14.7 Å². The second-order valence-corrected chi connectivity index (χ2v) is 10.3. The number of pyridine rings is 1. The molecule has 1 aliphatic heterocycles. The molecule has 0 spiro atoms. The van der Waals surface area contributed by atoms with Crippen molar-refractivity contribution in [3.8, 4) is 11.4 Å². The number of fused-ring (bicyclic) bond motifs is 1. The second kappa shape index (κ2) is 14.4. The van der Waals surface area contributed by atoms with Gasteiger partial charge in [0.15, 0.2) is 5.82 Å². The molecule has 0 unspecified atom stereocenters. The maximum atomic E-state index is 12.5. The fourth-order valence-electron chi connectivity index (χ4n) is 4.67. The molecule has 40 heavy (non-hydrogen) atoms.